The second kappa shape index (κ2) is 10.5. The summed E-state index contributed by atoms with van der Waals surface area (Å²) >= 11 is 7.85. The fraction of sp³-hybridized carbons (Fsp3) is 0.304. The summed E-state index contributed by atoms with van der Waals surface area (Å²) in [5.41, 5.74) is 3.57. The lowest BCUT2D eigenvalue weighted by Crippen LogP contribution is -2.25. The van der Waals surface area contributed by atoms with Gasteiger partial charge in [0.1, 0.15) is 5.01 Å². The second-order valence-corrected chi connectivity index (χ2v) is 8.32. The minimum absolute atomic E-state index is 0.0283. The molecule has 1 amide bonds. The molecule has 0 aliphatic carbocycles. The zero-order valence-corrected chi connectivity index (χ0v) is 18.4. The van der Waals surface area contributed by atoms with Gasteiger partial charge in [-0.2, -0.15) is 0 Å². The number of hydrogen-bond acceptors (Lipinski definition) is 4. The average molecular weight is 428 g/mol. The molecule has 0 aliphatic rings. The highest BCUT2D eigenvalue weighted by atomic mass is 35.5. The van der Waals surface area contributed by atoms with Gasteiger partial charge < -0.3 is 10.2 Å². The molecule has 6 heteroatoms. The van der Waals surface area contributed by atoms with E-state index in [1.165, 1.54) is 0 Å². The molecule has 0 saturated heterocycles. The van der Waals surface area contributed by atoms with E-state index in [2.05, 4.69) is 24.2 Å². The highest BCUT2D eigenvalue weighted by Crippen LogP contribution is 2.33. The van der Waals surface area contributed by atoms with Crippen molar-refractivity contribution in [2.75, 3.05) is 25.5 Å². The molecule has 29 heavy (non-hydrogen) atoms. The summed E-state index contributed by atoms with van der Waals surface area (Å²) in [4.78, 5) is 19.2. The average Bonchev–Trinajstić information content (AvgIpc) is 3.21. The maximum absolute atomic E-state index is 12.3. The maximum atomic E-state index is 12.3. The second-order valence-electron chi connectivity index (χ2n) is 7.05. The molecule has 0 saturated carbocycles. The number of aromatic nitrogens is 1. The molecule has 0 aliphatic heterocycles. The van der Waals surface area contributed by atoms with Gasteiger partial charge in [0.05, 0.1) is 10.7 Å². The summed E-state index contributed by atoms with van der Waals surface area (Å²) < 4.78 is 0. The van der Waals surface area contributed by atoms with Crippen LogP contribution in [0.4, 0.5) is 5.69 Å². The fourth-order valence-corrected chi connectivity index (χ4v) is 4.13. The fourth-order valence-electron chi connectivity index (χ4n) is 2.98. The number of thiazole rings is 1. The quantitative estimate of drug-likeness (QED) is 0.442. The number of hydrogen-bond donors (Lipinski definition) is 1. The topological polar surface area (TPSA) is 45.2 Å². The number of anilines is 1. The molecule has 0 radical (unpaired) electrons. The first kappa shape index (κ1) is 21.5. The zero-order valence-electron chi connectivity index (χ0n) is 16.8. The highest BCUT2D eigenvalue weighted by molar-refractivity contribution is 7.13. The van der Waals surface area contributed by atoms with Crippen LogP contribution in [-0.4, -0.2) is 35.9 Å². The number of carbonyl (C=O) groups is 1. The Morgan fingerprint density at radius 2 is 2.00 bits per heavy atom. The lowest BCUT2D eigenvalue weighted by atomic mass is 10.1. The van der Waals surface area contributed by atoms with Crippen molar-refractivity contribution >= 4 is 34.5 Å². The Morgan fingerprint density at radius 1 is 1.17 bits per heavy atom. The van der Waals surface area contributed by atoms with Crippen molar-refractivity contribution in [3.05, 3.63) is 58.9 Å². The van der Waals surface area contributed by atoms with E-state index in [9.17, 15) is 4.79 Å². The predicted molar refractivity (Wildman–Crippen MR) is 124 cm³/mol. The van der Waals surface area contributed by atoms with Crippen LogP contribution < -0.4 is 5.32 Å². The van der Waals surface area contributed by atoms with E-state index in [1.807, 2.05) is 53.9 Å². The van der Waals surface area contributed by atoms with Crippen molar-refractivity contribution in [2.45, 2.75) is 26.2 Å². The minimum atomic E-state index is 0.0283. The number of unbranched alkanes of at least 4 members (excludes halogenated alkanes) is 1. The van der Waals surface area contributed by atoms with Crippen LogP contribution in [0.25, 0.3) is 21.8 Å². The van der Waals surface area contributed by atoms with Crippen LogP contribution in [0, 0.1) is 0 Å². The van der Waals surface area contributed by atoms with Crippen molar-refractivity contribution in [2.24, 2.45) is 0 Å². The van der Waals surface area contributed by atoms with E-state index in [4.69, 9.17) is 16.6 Å². The van der Waals surface area contributed by atoms with Crippen LogP contribution in [0.2, 0.25) is 5.02 Å². The van der Waals surface area contributed by atoms with Crippen LogP contribution >= 0.6 is 22.9 Å². The Bertz CT molecular complexity index is 957. The molecular formula is C23H26ClN3OS. The summed E-state index contributed by atoms with van der Waals surface area (Å²) in [5, 5.41) is 6.59. The van der Waals surface area contributed by atoms with E-state index < -0.39 is 0 Å². The van der Waals surface area contributed by atoms with Crippen LogP contribution in [0.1, 0.15) is 26.2 Å². The summed E-state index contributed by atoms with van der Waals surface area (Å²) in [6.45, 7) is 3.96. The summed E-state index contributed by atoms with van der Waals surface area (Å²) in [6, 6.07) is 15.5. The Hall–Kier alpha value is -2.21. The molecule has 0 spiro atoms. The lowest BCUT2D eigenvalue weighted by Gasteiger charge is -2.15. The largest absolute Gasteiger partial charge is 0.326 e. The molecule has 0 unspecified atom stereocenters. The van der Waals surface area contributed by atoms with Crippen LogP contribution in [-0.2, 0) is 4.79 Å². The van der Waals surface area contributed by atoms with Crippen LogP contribution in [0.15, 0.2) is 53.9 Å². The first-order valence-corrected chi connectivity index (χ1v) is 11.1. The third-order valence-corrected chi connectivity index (χ3v) is 5.87. The maximum Gasteiger partial charge on any atom is 0.225 e. The predicted octanol–water partition coefficient (Wildman–Crippen LogP) is 6.19. The van der Waals surface area contributed by atoms with Crippen LogP contribution in [0.3, 0.4) is 0 Å². The van der Waals surface area contributed by atoms with E-state index in [-0.39, 0.29) is 5.91 Å². The molecule has 0 atom stereocenters. The number of halogens is 1. The Labute approximate surface area is 181 Å². The molecule has 0 bridgehead atoms. The standard InChI is InChI=1S/C23H26ClN3OS/c1-3-4-13-27(2)14-12-22(28)25-18-9-7-8-17(15-18)21-16-29-23(26-21)19-10-5-6-11-20(19)24/h5-11,15-16H,3-4,12-14H2,1-2H3,(H,25,28). The normalized spacial score (nSPS) is 11.0. The van der Waals surface area contributed by atoms with E-state index in [0.717, 1.165) is 53.4 Å². The number of benzene rings is 2. The number of rotatable bonds is 9. The molecule has 4 nitrogen and oxygen atoms in total. The Balaban J connectivity index is 1.64. The number of nitrogens with zero attached hydrogens (tertiary/aromatic N) is 2. The van der Waals surface area contributed by atoms with Gasteiger partial charge in [-0.1, -0.05) is 55.3 Å². The van der Waals surface area contributed by atoms with Gasteiger partial charge in [-0.05, 0) is 38.2 Å². The minimum Gasteiger partial charge on any atom is -0.326 e. The Kier molecular flexibility index (Phi) is 7.81. The van der Waals surface area contributed by atoms with Crippen molar-refractivity contribution in [3.8, 4) is 21.8 Å². The van der Waals surface area contributed by atoms with E-state index in [0.29, 0.717) is 11.4 Å². The Morgan fingerprint density at radius 3 is 2.79 bits per heavy atom. The van der Waals surface area contributed by atoms with Crippen LogP contribution in [0.5, 0.6) is 0 Å². The molecule has 0 fully saturated rings. The molecule has 3 rings (SSSR count). The molecule has 1 aromatic heterocycles. The van der Waals surface area contributed by atoms with E-state index in [1.54, 1.807) is 11.3 Å². The molecule has 1 N–H and O–H groups in total. The van der Waals surface area contributed by atoms with Gasteiger partial charge in [-0.15, -0.1) is 11.3 Å². The molecule has 2 aromatic carbocycles. The third-order valence-electron chi connectivity index (χ3n) is 4.66. The van der Waals surface area contributed by atoms with Crippen molar-refractivity contribution in [1.82, 2.24) is 9.88 Å². The summed E-state index contributed by atoms with van der Waals surface area (Å²) in [6.07, 6.45) is 2.81. The molecule has 1 heterocycles. The molecule has 152 valence electrons. The summed E-state index contributed by atoms with van der Waals surface area (Å²) in [5.74, 6) is 0.0283. The highest BCUT2D eigenvalue weighted by Gasteiger charge is 2.11. The first-order chi connectivity index (χ1) is 14.1. The third kappa shape index (κ3) is 6.13. The summed E-state index contributed by atoms with van der Waals surface area (Å²) in [7, 11) is 2.06. The van der Waals surface area contributed by atoms with Gasteiger partial charge >= 0.3 is 0 Å². The first-order valence-electron chi connectivity index (χ1n) is 9.86. The molecular weight excluding hydrogens is 402 g/mol. The lowest BCUT2D eigenvalue weighted by molar-refractivity contribution is -0.116. The van der Waals surface area contributed by atoms with Gasteiger partial charge in [0.15, 0.2) is 0 Å². The van der Waals surface area contributed by atoms with Crippen molar-refractivity contribution < 1.29 is 4.79 Å². The number of amides is 1. The van der Waals surface area contributed by atoms with Crippen molar-refractivity contribution in [3.63, 3.8) is 0 Å². The van der Waals surface area contributed by atoms with Gasteiger partial charge in [0.2, 0.25) is 5.91 Å². The van der Waals surface area contributed by atoms with E-state index >= 15 is 0 Å². The van der Waals surface area contributed by atoms with Gasteiger partial charge in [0.25, 0.3) is 0 Å². The monoisotopic (exact) mass is 427 g/mol. The van der Waals surface area contributed by atoms with Gasteiger partial charge in [0, 0.05) is 35.2 Å². The number of nitrogens with one attached hydrogen (secondary N) is 1. The van der Waals surface area contributed by atoms with Gasteiger partial charge in [-0.25, -0.2) is 4.98 Å². The smallest absolute Gasteiger partial charge is 0.225 e. The number of carbonyl (C=O) groups excluding carboxylic acids is 1. The SMILES string of the molecule is CCCCN(C)CCC(=O)Nc1cccc(-c2csc(-c3ccccc3Cl)n2)c1. The van der Waals surface area contributed by atoms with Crippen molar-refractivity contribution in [1.29, 1.82) is 0 Å². The zero-order chi connectivity index (χ0) is 20.6. The molecule has 3 aromatic rings. The van der Waals surface area contributed by atoms with Gasteiger partial charge in [-0.3, -0.25) is 4.79 Å².